The first-order chi connectivity index (χ1) is 13.3. The minimum absolute atomic E-state index is 0.00731. The fraction of sp³-hybridized carbons (Fsp3) is 0.300. The molecule has 1 fully saturated rings. The molecule has 1 N–H and O–H groups in total. The van der Waals surface area contributed by atoms with Gasteiger partial charge in [0.2, 0.25) is 5.78 Å². The van der Waals surface area contributed by atoms with Crippen LogP contribution in [0, 0.1) is 6.92 Å². The lowest BCUT2D eigenvalue weighted by Gasteiger charge is -2.31. The maximum Gasteiger partial charge on any atom is 0.290 e. The number of aliphatic hydroxyl groups excluding tert-OH is 1. The lowest BCUT2D eigenvalue weighted by Crippen LogP contribution is -2.41. The van der Waals surface area contributed by atoms with Gasteiger partial charge in [-0.25, -0.2) is 8.42 Å². The number of sulfone groups is 1. The van der Waals surface area contributed by atoms with E-state index in [0.717, 1.165) is 5.56 Å². The second-order valence-corrected chi connectivity index (χ2v) is 9.38. The van der Waals surface area contributed by atoms with E-state index in [-0.39, 0.29) is 29.3 Å². The molecule has 2 aromatic rings. The molecule has 146 valence electrons. The van der Waals surface area contributed by atoms with Gasteiger partial charge in [-0.3, -0.25) is 9.59 Å². The molecule has 2 aliphatic rings. The van der Waals surface area contributed by atoms with Crippen LogP contribution in [-0.2, 0) is 14.6 Å². The standard InChI is InChI=1S/C20H19NO6S/c1-12-4-2-5-13(10-12)17-16(18(22)15-6-3-8-27-15)19(23)20(24)21(17)14-7-9-28(25,26)11-14/h2-6,8,10,14,17,23H,7,9,11H2,1H3. The van der Waals surface area contributed by atoms with E-state index >= 15 is 0 Å². The van der Waals surface area contributed by atoms with E-state index in [0.29, 0.717) is 5.56 Å². The Hall–Kier alpha value is -2.87. The lowest BCUT2D eigenvalue weighted by molar-refractivity contribution is -0.131. The zero-order valence-electron chi connectivity index (χ0n) is 15.2. The summed E-state index contributed by atoms with van der Waals surface area (Å²) in [6.45, 7) is 1.88. The third-order valence-corrected chi connectivity index (χ3v) is 6.94. The lowest BCUT2D eigenvalue weighted by atomic mass is 9.93. The second-order valence-electron chi connectivity index (χ2n) is 7.15. The molecular weight excluding hydrogens is 382 g/mol. The Morgan fingerprint density at radius 2 is 2.04 bits per heavy atom. The molecule has 0 spiro atoms. The van der Waals surface area contributed by atoms with Crippen LogP contribution in [0.4, 0.5) is 0 Å². The van der Waals surface area contributed by atoms with Gasteiger partial charge in [0.25, 0.3) is 5.91 Å². The molecule has 4 rings (SSSR count). The van der Waals surface area contributed by atoms with E-state index in [9.17, 15) is 23.1 Å². The number of Topliss-reactive ketones (excluding diaryl/α,β-unsaturated/α-hetero) is 1. The Morgan fingerprint density at radius 1 is 1.25 bits per heavy atom. The van der Waals surface area contributed by atoms with Crippen LogP contribution in [0.5, 0.6) is 0 Å². The highest BCUT2D eigenvalue weighted by atomic mass is 32.2. The Kier molecular flexibility index (Phi) is 4.38. The van der Waals surface area contributed by atoms with Crippen LogP contribution < -0.4 is 0 Å². The van der Waals surface area contributed by atoms with E-state index in [1.165, 1.54) is 17.2 Å². The van der Waals surface area contributed by atoms with Crippen LogP contribution in [0.25, 0.3) is 0 Å². The molecule has 1 aromatic carbocycles. The number of ketones is 1. The molecule has 1 amide bonds. The highest BCUT2D eigenvalue weighted by Gasteiger charge is 2.49. The highest BCUT2D eigenvalue weighted by Crippen LogP contribution is 2.42. The Balaban J connectivity index is 1.84. The number of aryl methyl sites for hydroxylation is 1. The van der Waals surface area contributed by atoms with Gasteiger partial charge in [0.1, 0.15) is 0 Å². The summed E-state index contributed by atoms with van der Waals surface area (Å²) in [6.07, 6.45) is 1.61. The van der Waals surface area contributed by atoms with Crippen molar-refractivity contribution in [3.63, 3.8) is 0 Å². The molecule has 28 heavy (non-hydrogen) atoms. The third kappa shape index (κ3) is 3.03. The number of amides is 1. The summed E-state index contributed by atoms with van der Waals surface area (Å²) >= 11 is 0. The van der Waals surface area contributed by atoms with Crippen LogP contribution in [0.2, 0.25) is 0 Å². The molecule has 0 radical (unpaired) electrons. The van der Waals surface area contributed by atoms with Crippen LogP contribution in [0.15, 0.2) is 58.4 Å². The zero-order valence-corrected chi connectivity index (χ0v) is 16.0. The average molecular weight is 401 g/mol. The summed E-state index contributed by atoms with van der Waals surface area (Å²) in [5.41, 5.74) is 1.46. The van der Waals surface area contributed by atoms with Gasteiger partial charge in [0.05, 0.1) is 29.4 Å². The Labute approximate surface area is 162 Å². The molecule has 3 heterocycles. The number of furan rings is 1. The molecule has 2 atom stereocenters. The van der Waals surface area contributed by atoms with Crippen molar-refractivity contribution in [1.29, 1.82) is 0 Å². The van der Waals surface area contributed by atoms with Crippen molar-refractivity contribution in [1.82, 2.24) is 4.90 Å². The number of carbonyl (C=O) groups is 2. The van der Waals surface area contributed by atoms with Gasteiger partial charge < -0.3 is 14.4 Å². The predicted octanol–water partition coefficient (Wildman–Crippen LogP) is 2.35. The minimum Gasteiger partial charge on any atom is -0.503 e. The van der Waals surface area contributed by atoms with Crippen LogP contribution in [0.1, 0.15) is 34.1 Å². The first-order valence-electron chi connectivity index (χ1n) is 8.89. The maximum absolute atomic E-state index is 13.0. The average Bonchev–Trinajstić information content (AvgIpc) is 3.34. The van der Waals surface area contributed by atoms with E-state index < -0.39 is 39.4 Å². The molecule has 1 aromatic heterocycles. The van der Waals surface area contributed by atoms with Gasteiger partial charge in [-0.1, -0.05) is 29.8 Å². The van der Waals surface area contributed by atoms with Crippen LogP contribution in [0.3, 0.4) is 0 Å². The van der Waals surface area contributed by atoms with Crippen molar-refractivity contribution in [2.24, 2.45) is 0 Å². The Bertz CT molecular complexity index is 1080. The molecule has 7 nitrogen and oxygen atoms in total. The number of rotatable bonds is 4. The van der Waals surface area contributed by atoms with Gasteiger partial charge in [0.15, 0.2) is 21.4 Å². The molecule has 2 unspecified atom stereocenters. The fourth-order valence-corrected chi connectivity index (χ4v) is 5.65. The number of hydrogen-bond donors (Lipinski definition) is 1. The monoisotopic (exact) mass is 401 g/mol. The molecule has 0 aliphatic carbocycles. The van der Waals surface area contributed by atoms with Crippen LogP contribution >= 0.6 is 0 Å². The summed E-state index contributed by atoms with van der Waals surface area (Å²) in [4.78, 5) is 27.2. The molecule has 2 aliphatic heterocycles. The SMILES string of the molecule is Cc1cccc(C2C(C(=O)c3ccco3)=C(O)C(=O)N2C2CCS(=O)(=O)C2)c1. The molecule has 8 heteroatoms. The van der Waals surface area contributed by atoms with E-state index in [1.54, 1.807) is 18.2 Å². The molecule has 0 bridgehead atoms. The third-order valence-electron chi connectivity index (χ3n) is 5.19. The second kappa shape index (κ2) is 6.63. The summed E-state index contributed by atoms with van der Waals surface area (Å²) in [5.74, 6) is -2.18. The van der Waals surface area contributed by atoms with Crippen molar-refractivity contribution < 1.29 is 27.5 Å². The largest absolute Gasteiger partial charge is 0.503 e. The van der Waals surface area contributed by atoms with Gasteiger partial charge in [-0.2, -0.15) is 0 Å². The fourth-order valence-electron chi connectivity index (χ4n) is 3.93. The predicted molar refractivity (Wildman–Crippen MR) is 101 cm³/mol. The van der Waals surface area contributed by atoms with Gasteiger partial charge in [0, 0.05) is 6.04 Å². The highest BCUT2D eigenvalue weighted by molar-refractivity contribution is 7.91. The van der Waals surface area contributed by atoms with Gasteiger partial charge >= 0.3 is 0 Å². The smallest absolute Gasteiger partial charge is 0.290 e. The number of nitrogens with zero attached hydrogens (tertiary/aromatic N) is 1. The number of carbonyl (C=O) groups excluding carboxylic acids is 2. The number of hydrogen-bond acceptors (Lipinski definition) is 6. The number of benzene rings is 1. The summed E-state index contributed by atoms with van der Waals surface area (Å²) in [7, 11) is -3.27. The van der Waals surface area contributed by atoms with E-state index in [1.807, 2.05) is 19.1 Å². The Morgan fingerprint density at radius 3 is 2.64 bits per heavy atom. The normalized spacial score (nSPS) is 24.2. The van der Waals surface area contributed by atoms with Gasteiger partial charge in [-0.15, -0.1) is 0 Å². The maximum atomic E-state index is 13.0. The van der Waals surface area contributed by atoms with E-state index in [2.05, 4.69) is 0 Å². The van der Waals surface area contributed by atoms with Crippen molar-refractivity contribution in [2.45, 2.75) is 25.4 Å². The van der Waals surface area contributed by atoms with Crippen molar-refractivity contribution in [3.05, 3.63) is 70.9 Å². The zero-order chi connectivity index (χ0) is 20.1. The van der Waals surface area contributed by atoms with E-state index in [4.69, 9.17) is 4.42 Å². The van der Waals surface area contributed by atoms with Crippen molar-refractivity contribution >= 4 is 21.5 Å². The molecular formula is C20H19NO6S. The van der Waals surface area contributed by atoms with Crippen molar-refractivity contribution in [3.8, 4) is 0 Å². The topological polar surface area (TPSA) is 105 Å². The number of aliphatic hydroxyl groups is 1. The quantitative estimate of drug-likeness (QED) is 0.789. The first-order valence-corrected chi connectivity index (χ1v) is 10.7. The molecule has 0 saturated carbocycles. The first kappa shape index (κ1) is 18.5. The summed E-state index contributed by atoms with van der Waals surface area (Å²) < 4.78 is 29.2. The minimum atomic E-state index is -3.27. The summed E-state index contributed by atoms with van der Waals surface area (Å²) in [5, 5.41) is 10.6. The summed E-state index contributed by atoms with van der Waals surface area (Å²) in [6, 6.07) is 8.78. The van der Waals surface area contributed by atoms with Gasteiger partial charge in [-0.05, 0) is 31.0 Å². The van der Waals surface area contributed by atoms with Crippen LogP contribution in [-0.4, -0.2) is 47.7 Å². The van der Waals surface area contributed by atoms with Crippen molar-refractivity contribution in [2.75, 3.05) is 11.5 Å². The molecule has 1 saturated heterocycles.